The molecule has 0 aliphatic carbocycles. The van der Waals surface area contributed by atoms with Gasteiger partial charge in [0.1, 0.15) is 0 Å². The van der Waals surface area contributed by atoms with Gasteiger partial charge in [0.25, 0.3) is 5.91 Å². The van der Waals surface area contributed by atoms with Crippen LogP contribution in [0.15, 0.2) is 39.4 Å². The zero-order valence-corrected chi connectivity index (χ0v) is 13.5. The number of rotatable bonds is 5. The zero-order chi connectivity index (χ0) is 15.5. The second-order valence-electron chi connectivity index (χ2n) is 4.15. The number of benzene rings is 1. The summed E-state index contributed by atoms with van der Waals surface area (Å²) >= 11 is 2.74. The van der Waals surface area contributed by atoms with Crippen molar-refractivity contribution in [1.29, 1.82) is 0 Å². The standard InChI is InChI=1S/C12H13N3O3S3/c1-21(17,18)10-4-2-9(3-5-10)19-6-8-7-20-12(14-8)11(16)15-13/h2-5,7H,6,13H2,1H3,(H,15,16). The highest BCUT2D eigenvalue weighted by atomic mass is 32.2. The molecule has 0 aliphatic rings. The first kappa shape index (κ1) is 16.0. The van der Waals surface area contributed by atoms with Crippen LogP contribution in [-0.2, 0) is 15.6 Å². The summed E-state index contributed by atoms with van der Waals surface area (Å²) in [4.78, 5) is 16.7. The van der Waals surface area contributed by atoms with Crippen molar-refractivity contribution in [3.8, 4) is 0 Å². The van der Waals surface area contributed by atoms with E-state index in [9.17, 15) is 13.2 Å². The Bertz CT molecular complexity index is 739. The van der Waals surface area contributed by atoms with Crippen LogP contribution in [-0.4, -0.2) is 25.6 Å². The fourth-order valence-corrected chi connectivity index (χ4v) is 3.73. The highest BCUT2D eigenvalue weighted by Gasteiger charge is 2.10. The molecule has 0 spiro atoms. The van der Waals surface area contributed by atoms with Gasteiger partial charge in [-0.3, -0.25) is 10.2 Å². The van der Waals surface area contributed by atoms with Gasteiger partial charge < -0.3 is 0 Å². The third-order valence-corrected chi connectivity index (χ3v) is 5.58. The van der Waals surface area contributed by atoms with Crippen LogP contribution in [0.5, 0.6) is 0 Å². The van der Waals surface area contributed by atoms with Crippen LogP contribution < -0.4 is 11.3 Å². The van der Waals surface area contributed by atoms with Gasteiger partial charge in [-0.2, -0.15) is 0 Å². The SMILES string of the molecule is CS(=O)(=O)c1ccc(SCc2csc(C(=O)NN)n2)cc1. The lowest BCUT2D eigenvalue weighted by Crippen LogP contribution is -2.29. The van der Waals surface area contributed by atoms with Gasteiger partial charge in [0.15, 0.2) is 14.8 Å². The van der Waals surface area contributed by atoms with Gasteiger partial charge in [0, 0.05) is 22.3 Å². The number of carbonyl (C=O) groups excluding carboxylic acids is 1. The van der Waals surface area contributed by atoms with E-state index in [2.05, 4.69) is 4.98 Å². The zero-order valence-electron chi connectivity index (χ0n) is 11.1. The fourth-order valence-electron chi connectivity index (χ4n) is 1.48. The number of nitrogen functional groups attached to an aromatic ring is 1. The lowest BCUT2D eigenvalue weighted by molar-refractivity contribution is 0.0953. The molecule has 1 aromatic heterocycles. The molecule has 0 fully saturated rings. The molecular weight excluding hydrogens is 330 g/mol. The van der Waals surface area contributed by atoms with Crippen molar-refractivity contribution in [2.45, 2.75) is 15.5 Å². The number of carbonyl (C=O) groups is 1. The smallest absolute Gasteiger partial charge is 0.288 e. The van der Waals surface area contributed by atoms with Crippen LogP contribution in [0, 0.1) is 0 Å². The third kappa shape index (κ3) is 4.27. The average Bonchev–Trinajstić information content (AvgIpc) is 2.92. The van der Waals surface area contributed by atoms with E-state index in [4.69, 9.17) is 5.84 Å². The summed E-state index contributed by atoms with van der Waals surface area (Å²) in [5.41, 5.74) is 2.81. The number of amides is 1. The number of thioether (sulfide) groups is 1. The van der Waals surface area contributed by atoms with E-state index < -0.39 is 15.7 Å². The normalized spacial score (nSPS) is 11.3. The molecule has 3 N–H and O–H groups in total. The molecule has 6 nitrogen and oxygen atoms in total. The van der Waals surface area contributed by atoms with Gasteiger partial charge in [-0.15, -0.1) is 23.1 Å². The summed E-state index contributed by atoms with van der Waals surface area (Å²) in [7, 11) is -3.17. The first-order chi connectivity index (χ1) is 9.90. The van der Waals surface area contributed by atoms with E-state index in [1.54, 1.807) is 29.6 Å². The molecule has 1 heterocycles. The number of nitrogens with one attached hydrogen (secondary N) is 1. The van der Waals surface area contributed by atoms with Crippen molar-refractivity contribution in [2.75, 3.05) is 6.26 Å². The van der Waals surface area contributed by atoms with Crippen molar-refractivity contribution in [3.63, 3.8) is 0 Å². The van der Waals surface area contributed by atoms with Crippen LogP contribution in [0.25, 0.3) is 0 Å². The first-order valence-electron chi connectivity index (χ1n) is 5.78. The molecule has 2 aromatic rings. The van der Waals surface area contributed by atoms with E-state index in [0.717, 1.165) is 10.6 Å². The van der Waals surface area contributed by atoms with Gasteiger partial charge in [-0.1, -0.05) is 0 Å². The van der Waals surface area contributed by atoms with Gasteiger partial charge >= 0.3 is 0 Å². The number of hydrazine groups is 1. The summed E-state index contributed by atoms with van der Waals surface area (Å²) < 4.78 is 22.7. The van der Waals surface area contributed by atoms with Crippen LogP contribution in [0.2, 0.25) is 0 Å². The topological polar surface area (TPSA) is 102 Å². The monoisotopic (exact) mass is 343 g/mol. The second kappa shape index (κ2) is 6.56. The fraction of sp³-hybridized carbons (Fsp3) is 0.167. The highest BCUT2D eigenvalue weighted by Crippen LogP contribution is 2.24. The number of aromatic nitrogens is 1. The molecule has 112 valence electrons. The van der Waals surface area contributed by atoms with Gasteiger partial charge in [0.2, 0.25) is 0 Å². The summed E-state index contributed by atoms with van der Waals surface area (Å²) in [6.07, 6.45) is 1.18. The predicted octanol–water partition coefficient (Wildman–Crippen LogP) is 1.44. The van der Waals surface area contributed by atoms with Crippen LogP contribution in [0.1, 0.15) is 15.5 Å². The number of nitrogens with zero attached hydrogens (tertiary/aromatic N) is 1. The summed E-state index contributed by atoms with van der Waals surface area (Å²) in [5.74, 6) is 5.22. The van der Waals surface area contributed by atoms with Crippen molar-refractivity contribution in [3.05, 3.63) is 40.3 Å². The van der Waals surface area contributed by atoms with Crippen LogP contribution in [0.4, 0.5) is 0 Å². The molecule has 0 bridgehead atoms. The lowest BCUT2D eigenvalue weighted by Gasteiger charge is -2.01. The van der Waals surface area contributed by atoms with Crippen molar-refractivity contribution < 1.29 is 13.2 Å². The van der Waals surface area contributed by atoms with Gasteiger partial charge in [-0.05, 0) is 24.3 Å². The predicted molar refractivity (Wildman–Crippen MR) is 82.9 cm³/mol. The van der Waals surface area contributed by atoms with Crippen molar-refractivity contribution in [1.82, 2.24) is 10.4 Å². The minimum Gasteiger partial charge on any atom is -0.288 e. The third-order valence-electron chi connectivity index (χ3n) is 2.52. The Morgan fingerprint density at radius 3 is 2.62 bits per heavy atom. The molecule has 21 heavy (non-hydrogen) atoms. The summed E-state index contributed by atoms with van der Waals surface area (Å²) in [6, 6.07) is 6.65. The minimum absolute atomic E-state index is 0.294. The number of sulfone groups is 1. The Morgan fingerprint density at radius 2 is 2.05 bits per heavy atom. The molecule has 0 saturated heterocycles. The Kier molecular flexibility index (Phi) is 4.99. The number of hydrogen-bond donors (Lipinski definition) is 2. The molecule has 0 radical (unpaired) electrons. The van der Waals surface area contributed by atoms with E-state index >= 15 is 0 Å². The van der Waals surface area contributed by atoms with E-state index in [1.165, 1.54) is 29.4 Å². The minimum atomic E-state index is -3.17. The maximum absolute atomic E-state index is 11.4. The maximum atomic E-state index is 11.4. The molecule has 1 amide bonds. The summed E-state index contributed by atoms with van der Waals surface area (Å²) in [5, 5.41) is 2.11. The van der Waals surface area contributed by atoms with Crippen LogP contribution >= 0.6 is 23.1 Å². The lowest BCUT2D eigenvalue weighted by atomic mass is 10.4. The number of nitrogens with two attached hydrogens (primary N) is 1. The molecule has 2 rings (SSSR count). The maximum Gasteiger partial charge on any atom is 0.294 e. The molecule has 0 unspecified atom stereocenters. The molecule has 0 aliphatic heterocycles. The van der Waals surface area contributed by atoms with Crippen molar-refractivity contribution >= 4 is 38.8 Å². The molecule has 9 heteroatoms. The average molecular weight is 343 g/mol. The molecular formula is C12H13N3O3S3. The molecule has 0 saturated carbocycles. The second-order valence-corrected chi connectivity index (χ2v) is 8.07. The Hall–Kier alpha value is -1.42. The Balaban J connectivity index is 2.00. The van der Waals surface area contributed by atoms with Gasteiger partial charge in [0.05, 0.1) is 10.6 Å². The number of hydrogen-bond acceptors (Lipinski definition) is 7. The van der Waals surface area contributed by atoms with E-state index in [-0.39, 0.29) is 0 Å². The van der Waals surface area contributed by atoms with E-state index in [0.29, 0.717) is 15.7 Å². The number of thiazole rings is 1. The van der Waals surface area contributed by atoms with Gasteiger partial charge in [-0.25, -0.2) is 19.2 Å². The first-order valence-corrected chi connectivity index (χ1v) is 9.54. The molecule has 0 atom stereocenters. The van der Waals surface area contributed by atoms with E-state index in [1.807, 2.05) is 5.43 Å². The Morgan fingerprint density at radius 1 is 1.38 bits per heavy atom. The van der Waals surface area contributed by atoms with Crippen LogP contribution in [0.3, 0.4) is 0 Å². The highest BCUT2D eigenvalue weighted by molar-refractivity contribution is 7.98. The largest absolute Gasteiger partial charge is 0.294 e. The quantitative estimate of drug-likeness (QED) is 0.369. The molecule has 1 aromatic carbocycles. The van der Waals surface area contributed by atoms with Crippen molar-refractivity contribution in [2.24, 2.45) is 5.84 Å². The summed E-state index contributed by atoms with van der Waals surface area (Å²) in [6.45, 7) is 0. The Labute approximate surface area is 130 Å².